The molecule has 4 heteroatoms. The molecule has 5 aromatic carbocycles. The lowest BCUT2D eigenvalue weighted by Crippen LogP contribution is -2.28. The highest BCUT2D eigenvalue weighted by molar-refractivity contribution is 7.25. The van der Waals surface area contributed by atoms with E-state index in [1.807, 2.05) is 29.5 Å². The van der Waals surface area contributed by atoms with Crippen LogP contribution in [-0.4, -0.2) is 12.0 Å². The molecule has 0 radical (unpaired) electrons. The maximum atomic E-state index is 6.52. The Balaban J connectivity index is 1.10. The van der Waals surface area contributed by atoms with Crippen molar-refractivity contribution in [2.45, 2.75) is 25.4 Å². The molecule has 0 bridgehead atoms. The van der Waals surface area contributed by atoms with Crippen LogP contribution in [0.1, 0.15) is 30.5 Å². The summed E-state index contributed by atoms with van der Waals surface area (Å²) in [5, 5.41) is 2.60. The average Bonchev–Trinajstić information content (AvgIpc) is 3.80. The molecule has 0 amide bonds. The number of thiophene rings is 1. The quantitative estimate of drug-likeness (QED) is 0.192. The molecular weight excluding hydrogens is 605 g/mol. The van der Waals surface area contributed by atoms with E-state index in [0.29, 0.717) is 5.90 Å². The van der Waals surface area contributed by atoms with E-state index >= 15 is 0 Å². The molecule has 230 valence electrons. The summed E-state index contributed by atoms with van der Waals surface area (Å²) in [5.41, 5.74) is 12.0. The van der Waals surface area contributed by atoms with Gasteiger partial charge in [-0.1, -0.05) is 92.7 Å². The van der Waals surface area contributed by atoms with E-state index in [2.05, 4.69) is 146 Å². The van der Waals surface area contributed by atoms with E-state index < -0.39 is 0 Å². The zero-order chi connectivity index (χ0) is 32.0. The summed E-state index contributed by atoms with van der Waals surface area (Å²) < 4.78 is 9.14. The third-order valence-corrected chi connectivity index (χ3v) is 11.6. The van der Waals surface area contributed by atoms with Crippen LogP contribution in [0.2, 0.25) is 0 Å². The van der Waals surface area contributed by atoms with Crippen molar-refractivity contribution in [2.75, 3.05) is 4.90 Å². The first-order valence-electron chi connectivity index (χ1n) is 16.6. The van der Waals surface area contributed by atoms with Gasteiger partial charge in [0, 0.05) is 54.1 Å². The van der Waals surface area contributed by atoms with Gasteiger partial charge in [-0.15, -0.1) is 11.3 Å². The predicted molar refractivity (Wildman–Crippen MR) is 200 cm³/mol. The van der Waals surface area contributed by atoms with Gasteiger partial charge < -0.3 is 9.64 Å². The highest BCUT2D eigenvalue weighted by Gasteiger charge is 2.38. The monoisotopic (exact) mass is 636 g/mol. The van der Waals surface area contributed by atoms with Crippen molar-refractivity contribution in [3.63, 3.8) is 0 Å². The number of allylic oxidation sites excluding steroid dienone is 4. The zero-order valence-corrected chi connectivity index (χ0v) is 27.5. The second kappa shape index (κ2) is 10.3. The Morgan fingerprint density at radius 3 is 2.38 bits per heavy atom. The van der Waals surface area contributed by atoms with Gasteiger partial charge >= 0.3 is 0 Å². The largest absolute Gasteiger partial charge is 0.466 e. The summed E-state index contributed by atoms with van der Waals surface area (Å²) in [5.74, 6) is 0.793. The first-order chi connectivity index (χ1) is 23.5. The lowest BCUT2D eigenvalue weighted by molar-refractivity contribution is 0.212. The number of hydrogen-bond acceptors (Lipinski definition) is 4. The molecular formula is C44H32N2OS. The third kappa shape index (κ3) is 4.09. The standard InChI is InChI=1S/C44H32N2OS/c1-44(2)37-14-8-6-12-33(37)34-21-18-31(26-38(34)44)46(30-19-23-41-36(25-30)35-13-7-9-15-40(35)48-41)29-17-20-32-28(24-29)16-22-39-42(32)47-43(45-39)27-10-4-3-5-11-27/h3-26,32,42H,1-2H3. The molecule has 2 unspecified atom stereocenters. The van der Waals surface area contributed by atoms with Gasteiger partial charge in [-0.05, 0) is 94.6 Å². The van der Waals surface area contributed by atoms with Crippen LogP contribution in [0.25, 0.3) is 31.3 Å². The van der Waals surface area contributed by atoms with Crippen LogP contribution >= 0.6 is 11.3 Å². The lowest BCUT2D eigenvalue weighted by atomic mass is 9.82. The van der Waals surface area contributed by atoms with Crippen molar-refractivity contribution in [3.8, 4) is 11.1 Å². The maximum Gasteiger partial charge on any atom is 0.221 e. The number of hydrogen-bond donors (Lipinski definition) is 0. The summed E-state index contributed by atoms with van der Waals surface area (Å²) >= 11 is 1.86. The summed E-state index contributed by atoms with van der Waals surface area (Å²) in [6.45, 7) is 4.70. The molecule has 4 aliphatic rings. The van der Waals surface area contributed by atoms with Crippen molar-refractivity contribution in [1.29, 1.82) is 0 Å². The number of fused-ring (bicyclic) bond motifs is 9. The van der Waals surface area contributed by atoms with Gasteiger partial charge in [0.15, 0.2) is 6.10 Å². The maximum absolute atomic E-state index is 6.52. The van der Waals surface area contributed by atoms with Crippen molar-refractivity contribution >= 4 is 48.8 Å². The molecule has 2 atom stereocenters. The fraction of sp³-hybridized carbons (Fsp3) is 0.114. The summed E-state index contributed by atoms with van der Waals surface area (Å²) in [7, 11) is 0. The first kappa shape index (κ1) is 27.6. The Morgan fingerprint density at radius 1 is 0.708 bits per heavy atom. The molecule has 1 aliphatic heterocycles. The van der Waals surface area contributed by atoms with Gasteiger partial charge in [-0.2, -0.15) is 0 Å². The SMILES string of the molecule is CC1(C)c2ccccc2-c2ccc(N(C3=CC4=CC=C5N=C(c6ccccc6)OC5C4C=C3)c3ccc4sc5ccccc5c4c3)cc21. The molecule has 10 rings (SSSR count). The molecule has 0 saturated carbocycles. The Kier molecular flexibility index (Phi) is 5.92. The van der Waals surface area contributed by atoms with Gasteiger partial charge in [0.25, 0.3) is 0 Å². The molecule has 0 N–H and O–H groups in total. The number of anilines is 2. The van der Waals surface area contributed by atoms with E-state index in [1.165, 1.54) is 48.0 Å². The average molecular weight is 637 g/mol. The molecule has 1 aromatic heterocycles. The smallest absolute Gasteiger partial charge is 0.221 e. The molecule has 6 aromatic rings. The van der Waals surface area contributed by atoms with Gasteiger partial charge in [0.05, 0.1) is 5.70 Å². The number of aliphatic imine (C=N–C) groups is 1. The zero-order valence-electron chi connectivity index (χ0n) is 26.7. The van der Waals surface area contributed by atoms with Gasteiger partial charge in [-0.25, -0.2) is 4.99 Å². The van der Waals surface area contributed by atoms with Crippen LogP contribution < -0.4 is 4.90 Å². The normalized spacial score (nSPS) is 19.8. The van der Waals surface area contributed by atoms with E-state index in [1.54, 1.807) is 0 Å². The van der Waals surface area contributed by atoms with Crippen LogP contribution in [0.4, 0.5) is 11.4 Å². The van der Waals surface area contributed by atoms with Crippen molar-refractivity contribution in [3.05, 3.63) is 179 Å². The fourth-order valence-electron chi connectivity index (χ4n) is 8.01. The number of nitrogens with zero attached hydrogens (tertiary/aromatic N) is 2. The van der Waals surface area contributed by atoms with E-state index in [0.717, 1.165) is 28.3 Å². The number of benzene rings is 5. The summed E-state index contributed by atoms with van der Waals surface area (Å²) in [4.78, 5) is 7.31. The van der Waals surface area contributed by atoms with Gasteiger partial charge in [0.1, 0.15) is 0 Å². The van der Waals surface area contributed by atoms with Crippen molar-refractivity contribution in [2.24, 2.45) is 10.9 Å². The van der Waals surface area contributed by atoms with Crippen molar-refractivity contribution in [1.82, 2.24) is 0 Å². The highest BCUT2D eigenvalue weighted by atomic mass is 32.1. The van der Waals surface area contributed by atoms with E-state index in [-0.39, 0.29) is 17.4 Å². The molecule has 3 nitrogen and oxygen atoms in total. The van der Waals surface area contributed by atoms with Crippen LogP contribution in [0.5, 0.6) is 0 Å². The second-order valence-corrected chi connectivity index (χ2v) is 14.6. The minimum atomic E-state index is -0.129. The highest BCUT2D eigenvalue weighted by Crippen LogP contribution is 2.51. The van der Waals surface area contributed by atoms with Gasteiger partial charge in [-0.3, -0.25) is 0 Å². The van der Waals surface area contributed by atoms with Crippen LogP contribution in [-0.2, 0) is 10.2 Å². The van der Waals surface area contributed by atoms with Crippen LogP contribution in [0.15, 0.2) is 168 Å². The van der Waals surface area contributed by atoms with Crippen molar-refractivity contribution < 1.29 is 4.74 Å². The molecule has 3 aliphatic carbocycles. The Bertz CT molecular complexity index is 2470. The summed E-state index contributed by atoms with van der Waals surface area (Å²) in [6.07, 6.45) is 11.1. The molecule has 2 heterocycles. The van der Waals surface area contributed by atoms with Crippen LogP contribution in [0, 0.1) is 5.92 Å². The Hall–Kier alpha value is -5.45. The molecule has 0 fully saturated rings. The molecule has 0 saturated heterocycles. The van der Waals surface area contributed by atoms with Gasteiger partial charge in [0.2, 0.25) is 5.90 Å². The van der Waals surface area contributed by atoms with Crippen LogP contribution in [0.3, 0.4) is 0 Å². The molecule has 48 heavy (non-hydrogen) atoms. The number of rotatable bonds is 4. The van der Waals surface area contributed by atoms with E-state index in [4.69, 9.17) is 9.73 Å². The van der Waals surface area contributed by atoms with E-state index in [9.17, 15) is 0 Å². The minimum absolute atomic E-state index is 0.0909. The molecule has 0 spiro atoms. The Labute approximate surface area is 284 Å². The second-order valence-electron chi connectivity index (χ2n) is 13.5. The predicted octanol–water partition coefficient (Wildman–Crippen LogP) is 11.2. The summed E-state index contributed by atoms with van der Waals surface area (Å²) in [6, 6.07) is 41.7. The Morgan fingerprint density at radius 2 is 1.46 bits per heavy atom. The lowest BCUT2D eigenvalue weighted by Gasteiger charge is -2.33. The third-order valence-electron chi connectivity index (χ3n) is 10.4. The number of ether oxygens (including phenoxy) is 1. The fourth-order valence-corrected chi connectivity index (χ4v) is 9.09. The minimum Gasteiger partial charge on any atom is -0.466 e. The topological polar surface area (TPSA) is 24.8 Å². The first-order valence-corrected chi connectivity index (χ1v) is 17.4.